The normalized spacial score (nSPS) is 33.8. The Hall–Kier alpha value is -1.44. The van der Waals surface area contributed by atoms with E-state index in [1.807, 2.05) is 0 Å². The van der Waals surface area contributed by atoms with E-state index in [4.69, 9.17) is 0 Å². The Morgan fingerprint density at radius 3 is 1.57 bits per heavy atom. The summed E-state index contributed by atoms with van der Waals surface area (Å²) in [6, 6.07) is -5.70. The van der Waals surface area contributed by atoms with E-state index in [1.165, 1.54) is 0 Å². The molecule has 0 aromatic rings. The molecule has 0 amide bonds. The van der Waals surface area contributed by atoms with Crippen LogP contribution < -0.4 is 0 Å². The summed E-state index contributed by atoms with van der Waals surface area (Å²) in [6.45, 7) is 0. The molecule has 2 heterocycles. The van der Waals surface area contributed by atoms with Crippen LogP contribution in [0.4, 0.5) is 43.9 Å². The molecule has 0 aromatic heterocycles. The smallest absolute Gasteiger partial charge is 0.410 e. The summed E-state index contributed by atoms with van der Waals surface area (Å²) < 4.78 is 139. The maximum atomic E-state index is 13.8. The summed E-state index contributed by atoms with van der Waals surface area (Å²) in [5, 5.41) is 0. The first-order chi connectivity index (χ1) is 9.18. The SMILES string of the molecule is FC1=C(F)OC2(O1)C(F)(F)OC(F)(F)OC2(F)C(F)(F)F. The lowest BCUT2D eigenvalue weighted by atomic mass is 10.0. The van der Waals surface area contributed by atoms with Crippen molar-refractivity contribution in [2.75, 3.05) is 0 Å². The average molecular weight is 338 g/mol. The van der Waals surface area contributed by atoms with Crippen molar-refractivity contribution < 1.29 is 62.9 Å². The first-order valence-electron chi connectivity index (χ1n) is 4.52. The van der Waals surface area contributed by atoms with Crippen LogP contribution in [0, 0.1) is 0 Å². The predicted octanol–water partition coefficient (Wildman–Crippen LogP) is 3.21. The molecule has 1 unspecified atom stereocenters. The van der Waals surface area contributed by atoms with Gasteiger partial charge in [0.1, 0.15) is 0 Å². The van der Waals surface area contributed by atoms with E-state index in [2.05, 4.69) is 18.9 Å². The highest BCUT2D eigenvalue weighted by molar-refractivity contribution is 5.10. The molecule has 1 saturated heterocycles. The summed E-state index contributed by atoms with van der Waals surface area (Å²) in [7, 11) is 0. The Morgan fingerprint density at radius 2 is 1.19 bits per heavy atom. The van der Waals surface area contributed by atoms with Crippen LogP contribution in [0.2, 0.25) is 0 Å². The lowest BCUT2D eigenvalue weighted by Gasteiger charge is -2.47. The lowest BCUT2D eigenvalue weighted by Crippen LogP contribution is -2.76. The van der Waals surface area contributed by atoms with E-state index in [0.717, 1.165) is 0 Å². The molecule has 2 aliphatic rings. The van der Waals surface area contributed by atoms with Crippen LogP contribution in [0.1, 0.15) is 0 Å². The molecule has 0 aliphatic carbocycles. The number of hydrogen-bond acceptors (Lipinski definition) is 4. The number of ether oxygens (including phenoxy) is 4. The minimum absolute atomic E-state index is 2.45. The molecule has 0 saturated carbocycles. The minimum atomic E-state index is -6.67. The zero-order chi connectivity index (χ0) is 16.5. The Morgan fingerprint density at radius 1 is 0.762 bits per heavy atom. The maximum absolute atomic E-state index is 13.8. The molecular formula is C7F10O4. The van der Waals surface area contributed by atoms with Gasteiger partial charge in [-0.3, -0.25) is 0 Å². The molecule has 0 aromatic carbocycles. The number of alkyl halides is 8. The van der Waals surface area contributed by atoms with Gasteiger partial charge in [-0.05, 0) is 0 Å². The van der Waals surface area contributed by atoms with E-state index < -0.39 is 42.2 Å². The Kier molecular flexibility index (Phi) is 2.92. The van der Waals surface area contributed by atoms with Crippen LogP contribution in [0.25, 0.3) is 0 Å². The summed E-state index contributed by atoms with van der Waals surface area (Å²) in [6.07, 6.45) is -18.5. The van der Waals surface area contributed by atoms with Crippen molar-refractivity contribution in [3.63, 3.8) is 0 Å². The van der Waals surface area contributed by atoms with Gasteiger partial charge in [0, 0.05) is 0 Å². The van der Waals surface area contributed by atoms with Crippen LogP contribution in [-0.4, -0.2) is 30.2 Å². The zero-order valence-electron chi connectivity index (χ0n) is 8.91. The molecule has 1 atom stereocenters. The monoisotopic (exact) mass is 338 g/mol. The molecule has 14 heteroatoms. The Balaban J connectivity index is 2.64. The van der Waals surface area contributed by atoms with Gasteiger partial charge in [0.05, 0.1) is 0 Å². The van der Waals surface area contributed by atoms with Crippen LogP contribution in [0.15, 0.2) is 12.0 Å². The Bertz CT molecular complexity index is 484. The van der Waals surface area contributed by atoms with Crippen LogP contribution >= 0.6 is 0 Å². The second-order valence-corrected chi connectivity index (χ2v) is 3.65. The highest BCUT2D eigenvalue weighted by Gasteiger charge is 2.92. The van der Waals surface area contributed by atoms with Crippen LogP contribution in [-0.2, 0) is 18.9 Å². The molecule has 2 rings (SSSR count). The van der Waals surface area contributed by atoms with E-state index in [-0.39, 0.29) is 0 Å². The minimum Gasteiger partial charge on any atom is -0.410 e. The van der Waals surface area contributed by atoms with Crippen LogP contribution in [0.5, 0.6) is 0 Å². The highest BCUT2D eigenvalue weighted by atomic mass is 19.4. The van der Waals surface area contributed by atoms with Crippen molar-refractivity contribution in [2.45, 2.75) is 30.2 Å². The second kappa shape index (κ2) is 3.85. The molecule has 1 spiro atoms. The van der Waals surface area contributed by atoms with Crippen molar-refractivity contribution in [3.05, 3.63) is 12.0 Å². The largest absolute Gasteiger partial charge is 0.493 e. The third-order valence-electron chi connectivity index (χ3n) is 2.30. The van der Waals surface area contributed by atoms with E-state index >= 15 is 0 Å². The van der Waals surface area contributed by atoms with E-state index in [1.54, 1.807) is 0 Å². The predicted molar refractivity (Wildman–Crippen MR) is 36.1 cm³/mol. The zero-order valence-corrected chi connectivity index (χ0v) is 8.91. The fourth-order valence-electron chi connectivity index (χ4n) is 1.50. The summed E-state index contributed by atoms with van der Waals surface area (Å²) in [5.74, 6) is -11.5. The van der Waals surface area contributed by atoms with Gasteiger partial charge < -0.3 is 9.47 Å². The number of halogens is 10. The van der Waals surface area contributed by atoms with Gasteiger partial charge in [0.2, 0.25) is 0 Å². The fourth-order valence-corrected chi connectivity index (χ4v) is 1.50. The van der Waals surface area contributed by atoms with Gasteiger partial charge in [-0.1, -0.05) is 0 Å². The van der Waals surface area contributed by atoms with Crippen molar-refractivity contribution in [3.8, 4) is 0 Å². The molecule has 0 bridgehead atoms. The van der Waals surface area contributed by atoms with E-state index in [0.29, 0.717) is 0 Å². The van der Waals surface area contributed by atoms with Gasteiger partial charge >= 0.3 is 42.2 Å². The van der Waals surface area contributed by atoms with Gasteiger partial charge in [0.15, 0.2) is 0 Å². The lowest BCUT2D eigenvalue weighted by molar-refractivity contribution is -0.635. The van der Waals surface area contributed by atoms with Crippen LogP contribution in [0.3, 0.4) is 0 Å². The van der Waals surface area contributed by atoms with Crippen molar-refractivity contribution >= 4 is 0 Å². The number of hydrogen-bond donors (Lipinski definition) is 0. The van der Waals surface area contributed by atoms with Crippen molar-refractivity contribution in [2.24, 2.45) is 0 Å². The highest BCUT2D eigenvalue weighted by Crippen LogP contribution is 2.62. The topological polar surface area (TPSA) is 36.9 Å². The second-order valence-electron chi connectivity index (χ2n) is 3.65. The molecule has 122 valence electrons. The molecule has 4 nitrogen and oxygen atoms in total. The van der Waals surface area contributed by atoms with Gasteiger partial charge in [0.25, 0.3) is 0 Å². The van der Waals surface area contributed by atoms with Gasteiger partial charge in [-0.2, -0.15) is 35.1 Å². The quantitative estimate of drug-likeness (QED) is 0.636. The molecule has 0 N–H and O–H groups in total. The molecule has 0 radical (unpaired) electrons. The Labute approximate surface area is 106 Å². The molecule has 2 aliphatic heterocycles. The molecule has 21 heavy (non-hydrogen) atoms. The summed E-state index contributed by atoms with van der Waals surface area (Å²) >= 11 is 0. The van der Waals surface area contributed by atoms with Crippen molar-refractivity contribution in [1.82, 2.24) is 0 Å². The van der Waals surface area contributed by atoms with E-state index in [9.17, 15) is 43.9 Å². The standard InChI is InChI=1S/C7F10O4/c8-1-2(9)19-4(18-1)3(10,5(11,12)13)20-7(16,17)21-6(4,14)15. The molecule has 1 fully saturated rings. The fraction of sp³-hybridized carbons (Fsp3) is 0.714. The summed E-state index contributed by atoms with van der Waals surface area (Å²) in [5.41, 5.74) is 0. The van der Waals surface area contributed by atoms with Gasteiger partial charge in [-0.25, -0.2) is 9.47 Å². The summed E-state index contributed by atoms with van der Waals surface area (Å²) in [4.78, 5) is 0. The maximum Gasteiger partial charge on any atom is 0.493 e. The molecular weight excluding hydrogens is 338 g/mol. The third-order valence-corrected chi connectivity index (χ3v) is 2.30. The van der Waals surface area contributed by atoms with Gasteiger partial charge in [-0.15, -0.1) is 8.78 Å². The van der Waals surface area contributed by atoms with Crippen molar-refractivity contribution in [1.29, 1.82) is 0 Å². The third kappa shape index (κ3) is 1.91. The first kappa shape index (κ1) is 15.9. The first-order valence-corrected chi connectivity index (χ1v) is 4.52. The average Bonchev–Trinajstić information content (AvgIpc) is 2.51. The number of rotatable bonds is 0.